The molecule has 1 aliphatic carbocycles. The fourth-order valence-corrected chi connectivity index (χ4v) is 5.91. The molecular formula is C28H38ClN3O4S. The lowest BCUT2D eigenvalue weighted by molar-refractivity contribution is -0.141. The quantitative estimate of drug-likeness (QED) is 0.426. The molecule has 2 aromatic carbocycles. The fraction of sp³-hybridized carbons (Fsp3) is 0.500. The standard InChI is InChI=1S/C28H38ClN3O4S/c1-21-10-7-8-13-26(21)32(37(3,35)36)19-9-14-27(33)31(20-23-15-17-24(29)18-16-23)22(2)28(34)30-25-11-5-4-6-12-25/h7-8,10,13,15-18,22,25H,4-6,9,11-12,14,19-20H2,1-3H3,(H,30,34). The molecule has 2 aromatic rings. The molecule has 2 amide bonds. The summed E-state index contributed by atoms with van der Waals surface area (Å²) in [5, 5.41) is 3.73. The minimum atomic E-state index is -3.53. The highest BCUT2D eigenvalue weighted by Gasteiger charge is 2.28. The lowest BCUT2D eigenvalue weighted by Gasteiger charge is -2.31. The van der Waals surface area contributed by atoms with E-state index in [9.17, 15) is 18.0 Å². The van der Waals surface area contributed by atoms with Crippen LogP contribution in [0.2, 0.25) is 5.02 Å². The van der Waals surface area contributed by atoms with Crippen LogP contribution in [0.3, 0.4) is 0 Å². The lowest BCUT2D eigenvalue weighted by Crippen LogP contribution is -2.50. The molecule has 1 unspecified atom stereocenters. The van der Waals surface area contributed by atoms with Gasteiger partial charge in [0, 0.05) is 30.6 Å². The zero-order valence-electron chi connectivity index (χ0n) is 22.0. The van der Waals surface area contributed by atoms with E-state index in [1.807, 2.05) is 31.2 Å². The number of para-hydroxylation sites is 1. The third-order valence-corrected chi connectivity index (χ3v) is 8.35. The first-order valence-electron chi connectivity index (χ1n) is 12.9. The van der Waals surface area contributed by atoms with Crippen molar-refractivity contribution in [3.63, 3.8) is 0 Å². The maximum atomic E-state index is 13.4. The first-order valence-corrected chi connectivity index (χ1v) is 15.2. The largest absolute Gasteiger partial charge is 0.352 e. The van der Waals surface area contributed by atoms with Crippen LogP contribution in [0.1, 0.15) is 63.0 Å². The van der Waals surface area contributed by atoms with Gasteiger partial charge in [-0.15, -0.1) is 0 Å². The van der Waals surface area contributed by atoms with E-state index in [2.05, 4.69) is 5.32 Å². The first-order chi connectivity index (χ1) is 17.6. The van der Waals surface area contributed by atoms with Crippen molar-refractivity contribution in [3.05, 3.63) is 64.7 Å². The van der Waals surface area contributed by atoms with Gasteiger partial charge in [-0.1, -0.05) is 61.2 Å². The van der Waals surface area contributed by atoms with Gasteiger partial charge in [-0.2, -0.15) is 0 Å². The molecule has 1 fully saturated rings. The van der Waals surface area contributed by atoms with Crippen molar-refractivity contribution in [2.24, 2.45) is 0 Å². The van der Waals surface area contributed by atoms with Crippen molar-refractivity contribution >= 4 is 39.1 Å². The number of carbonyl (C=O) groups excluding carboxylic acids is 2. The van der Waals surface area contributed by atoms with Gasteiger partial charge in [-0.3, -0.25) is 13.9 Å². The van der Waals surface area contributed by atoms with Gasteiger partial charge in [-0.05, 0) is 62.4 Å². The summed E-state index contributed by atoms with van der Waals surface area (Å²) in [7, 11) is -3.53. The Morgan fingerprint density at radius 3 is 2.32 bits per heavy atom. The number of hydrogen-bond acceptors (Lipinski definition) is 4. The number of carbonyl (C=O) groups is 2. The van der Waals surface area contributed by atoms with Gasteiger partial charge in [0.25, 0.3) is 0 Å². The third-order valence-electron chi connectivity index (χ3n) is 6.92. The number of nitrogens with zero attached hydrogens (tertiary/aromatic N) is 2. The molecule has 202 valence electrons. The van der Waals surface area contributed by atoms with Crippen LogP contribution in [0.4, 0.5) is 5.69 Å². The summed E-state index contributed by atoms with van der Waals surface area (Å²) in [5.41, 5.74) is 2.32. The molecule has 1 saturated carbocycles. The van der Waals surface area contributed by atoms with Crippen LogP contribution >= 0.6 is 11.6 Å². The van der Waals surface area contributed by atoms with Gasteiger partial charge in [-0.25, -0.2) is 8.42 Å². The Morgan fingerprint density at radius 1 is 1.05 bits per heavy atom. The van der Waals surface area contributed by atoms with Gasteiger partial charge < -0.3 is 10.2 Å². The van der Waals surface area contributed by atoms with E-state index >= 15 is 0 Å². The van der Waals surface area contributed by atoms with Crippen LogP contribution in [0.5, 0.6) is 0 Å². The van der Waals surface area contributed by atoms with Crippen LogP contribution in [0.15, 0.2) is 48.5 Å². The Kier molecular flexibility index (Phi) is 10.4. The van der Waals surface area contributed by atoms with Crippen molar-refractivity contribution in [3.8, 4) is 0 Å². The van der Waals surface area contributed by atoms with E-state index in [0.717, 1.165) is 36.8 Å². The van der Waals surface area contributed by atoms with Crippen LogP contribution in [-0.4, -0.2) is 50.0 Å². The van der Waals surface area contributed by atoms with E-state index < -0.39 is 16.1 Å². The van der Waals surface area contributed by atoms with E-state index in [-0.39, 0.29) is 37.4 Å². The Bertz CT molecular complexity index is 1160. The predicted octanol–water partition coefficient (Wildman–Crippen LogP) is 5.06. The molecule has 0 radical (unpaired) electrons. The maximum Gasteiger partial charge on any atom is 0.242 e. The van der Waals surface area contributed by atoms with E-state index in [4.69, 9.17) is 11.6 Å². The van der Waals surface area contributed by atoms with Crippen molar-refractivity contribution in [2.45, 2.75) is 77.4 Å². The maximum absolute atomic E-state index is 13.4. The zero-order chi connectivity index (χ0) is 27.0. The normalized spacial score (nSPS) is 15.1. The third kappa shape index (κ3) is 8.47. The van der Waals surface area contributed by atoms with Crippen LogP contribution in [-0.2, 0) is 26.2 Å². The molecule has 1 atom stereocenters. The van der Waals surface area contributed by atoms with Crippen molar-refractivity contribution in [1.82, 2.24) is 10.2 Å². The Morgan fingerprint density at radius 2 is 1.70 bits per heavy atom. The van der Waals surface area contributed by atoms with Gasteiger partial charge in [0.05, 0.1) is 11.9 Å². The predicted molar refractivity (Wildman–Crippen MR) is 149 cm³/mol. The number of halogens is 1. The molecule has 0 heterocycles. The molecule has 7 nitrogen and oxygen atoms in total. The number of rotatable bonds is 11. The summed E-state index contributed by atoms with van der Waals surface area (Å²) < 4.78 is 26.4. The van der Waals surface area contributed by atoms with Gasteiger partial charge in [0.1, 0.15) is 6.04 Å². The Balaban J connectivity index is 1.71. The minimum Gasteiger partial charge on any atom is -0.352 e. The first kappa shape index (κ1) is 29.0. The fourth-order valence-electron chi connectivity index (χ4n) is 4.76. The molecule has 0 aliphatic heterocycles. The van der Waals surface area contributed by atoms with Crippen molar-refractivity contribution in [1.29, 1.82) is 0 Å². The minimum absolute atomic E-state index is 0.118. The number of hydrogen-bond donors (Lipinski definition) is 1. The monoisotopic (exact) mass is 547 g/mol. The topological polar surface area (TPSA) is 86.8 Å². The second-order valence-corrected chi connectivity index (χ2v) is 12.2. The zero-order valence-corrected chi connectivity index (χ0v) is 23.5. The molecule has 37 heavy (non-hydrogen) atoms. The molecule has 1 N–H and O–H groups in total. The van der Waals surface area contributed by atoms with E-state index in [1.54, 1.807) is 36.1 Å². The summed E-state index contributed by atoms with van der Waals surface area (Å²) in [6, 6.07) is 14.0. The van der Waals surface area contributed by atoms with Gasteiger partial charge in [0.2, 0.25) is 21.8 Å². The molecule has 0 spiro atoms. The number of sulfonamides is 1. The highest BCUT2D eigenvalue weighted by Crippen LogP contribution is 2.23. The number of amides is 2. The molecule has 9 heteroatoms. The molecule has 0 aromatic heterocycles. The average Bonchev–Trinajstić information content (AvgIpc) is 2.86. The number of anilines is 1. The number of aryl methyl sites for hydroxylation is 1. The highest BCUT2D eigenvalue weighted by molar-refractivity contribution is 7.92. The second-order valence-electron chi connectivity index (χ2n) is 9.89. The summed E-state index contributed by atoms with van der Waals surface area (Å²) in [6.07, 6.45) is 6.94. The van der Waals surface area contributed by atoms with E-state index in [0.29, 0.717) is 17.1 Å². The summed E-state index contributed by atoms with van der Waals surface area (Å²) in [5.74, 6) is -0.355. The van der Waals surface area contributed by atoms with E-state index in [1.165, 1.54) is 17.0 Å². The van der Waals surface area contributed by atoms with Gasteiger partial charge >= 0.3 is 0 Å². The number of benzene rings is 2. The highest BCUT2D eigenvalue weighted by atomic mass is 35.5. The smallest absolute Gasteiger partial charge is 0.242 e. The van der Waals surface area contributed by atoms with Crippen molar-refractivity contribution in [2.75, 3.05) is 17.1 Å². The summed E-state index contributed by atoms with van der Waals surface area (Å²) >= 11 is 6.03. The second kappa shape index (κ2) is 13.3. The average molecular weight is 548 g/mol. The van der Waals surface area contributed by atoms with Crippen LogP contribution in [0.25, 0.3) is 0 Å². The molecule has 3 rings (SSSR count). The van der Waals surface area contributed by atoms with Crippen molar-refractivity contribution < 1.29 is 18.0 Å². The Labute approximate surface area is 226 Å². The summed E-state index contributed by atoms with van der Waals surface area (Å²) in [6.45, 7) is 4.05. The molecule has 0 bridgehead atoms. The molecular weight excluding hydrogens is 510 g/mol. The molecule has 0 saturated heterocycles. The van der Waals surface area contributed by atoms with Crippen LogP contribution in [0, 0.1) is 6.92 Å². The van der Waals surface area contributed by atoms with Crippen LogP contribution < -0.4 is 9.62 Å². The molecule has 1 aliphatic rings. The Hall–Kier alpha value is -2.58. The summed E-state index contributed by atoms with van der Waals surface area (Å²) in [4.78, 5) is 28.1. The van der Waals surface area contributed by atoms with Gasteiger partial charge in [0.15, 0.2) is 0 Å². The number of nitrogens with one attached hydrogen (secondary N) is 1. The lowest BCUT2D eigenvalue weighted by atomic mass is 9.95. The SMILES string of the molecule is Cc1ccccc1N(CCCC(=O)N(Cc1ccc(Cl)cc1)C(C)C(=O)NC1CCCCC1)S(C)(=O)=O.